The first-order valence-electron chi connectivity index (χ1n) is 9.18. The molecule has 6 nitrogen and oxygen atoms in total. The number of urea groups is 1. The second kappa shape index (κ2) is 10.4. The van der Waals surface area contributed by atoms with Crippen molar-refractivity contribution in [1.29, 1.82) is 0 Å². The quantitative estimate of drug-likeness (QED) is 0.702. The van der Waals surface area contributed by atoms with Gasteiger partial charge in [-0.15, -0.1) is 0 Å². The maximum Gasteiger partial charge on any atom is 0.319 e. The van der Waals surface area contributed by atoms with Gasteiger partial charge in [0.2, 0.25) is 0 Å². The van der Waals surface area contributed by atoms with E-state index in [2.05, 4.69) is 35.4 Å². The van der Waals surface area contributed by atoms with Gasteiger partial charge in [0.15, 0.2) is 0 Å². The molecule has 0 radical (unpaired) electrons. The Morgan fingerprint density at radius 1 is 1.00 bits per heavy atom. The summed E-state index contributed by atoms with van der Waals surface area (Å²) in [6, 6.07) is 15.0. The van der Waals surface area contributed by atoms with Crippen molar-refractivity contribution in [2.24, 2.45) is 0 Å². The Bertz CT molecular complexity index is 715. The van der Waals surface area contributed by atoms with Crippen LogP contribution in [-0.4, -0.2) is 44.8 Å². The van der Waals surface area contributed by atoms with Crippen LogP contribution in [0.1, 0.15) is 25.5 Å². The summed E-state index contributed by atoms with van der Waals surface area (Å²) in [6.07, 6.45) is 0. The minimum atomic E-state index is -0.236. The van der Waals surface area contributed by atoms with Crippen molar-refractivity contribution in [3.8, 4) is 11.5 Å². The van der Waals surface area contributed by atoms with E-state index in [0.717, 1.165) is 30.2 Å². The number of hydrogen-bond donors (Lipinski definition) is 2. The smallest absolute Gasteiger partial charge is 0.319 e. The minimum Gasteiger partial charge on any atom is -0.497 e. The molecule has 146 valence electrons. The maximum absolute atomic E-state index is 12.3. The van der Waals surface area contributed by atoms with Gasteiger partial charge in [-0.25, -0.2) is 4.79 Å². The number of benzene rings is 2. The van der Waals surface area contributed by atoms with Crippen molar-refractivity contribution in [2.45, 2.75) is 19.9 Å². The van der Waals surface area contributed by atoms with Gasteiger partial charge in [-0.3, -0.25) is 4.90 Å². The Morgan fingerprint density at radius 3 is 2.26 bits per heavy atom. The molecule has 27 heavy (non-hydrogen) atoms. The first kappa shape index (κ1) is 20.6. The number of carbonyl (C=O) groups is 1. The Labute approximate surface area is 161 Å². The molecule has 0 fully saturated rings. The van der Waals surface area contributed by atoms with E-state index in [9.17, 15) is 4.79 Å². The summed E-state index contributed by atoms with van der Waals surface area (Å²) in [5.74, 6) is 1.56. The third kappa shape index (κ3) is 5.89. The van der Waals surface area contributed by atoms with Gasteiger partial charge in [0.25, 0.3) is 0 Å². The van der Waals surface area contributed by atoms with E-state index >= 15 is 0 Å². The molecule has 6 heteroatoms. The van der Waals surface area contributed by atoms with Crippen molar-refractivity contribution < 1.29 is 14.3 Å². The molecule has 0 spiro atoms. The highest BCUT2D eigenvalue weighted by molar-refractivity contribution is 5.89. The van der Waals surface area contributed by atoms with Crippen molar-refractivity contribution in [3.05, 3.63) is 54.1 Å². The number of hydrogen-bond acceptors (Lipinski definition) is 4. The monoisotopic (exact) mass is 371 g/mol. The number of nitrogens with one attached hydrogen (secondary N) is 2. The lowest BCUT2D eigenvalue weighted by Crippen LogP contribution is -2.39. The third-order valence-corrected chi connectivity index (χ3v) is 4.54. The average molecular weight is 371 g/mol. The SMILES string of the molecule is CCN(CC)C(CNC(=O)Nc1ccc(OC)cc1)c1cccc(OC)c1. The zero-order valence-electron chi connectivity index (χ0n) is 16.5. The molecule has 2 amide bonds. The van der Waals surface area contributed by atoms with Crippen LogP contribution in [0.2, 0.25) is 0 Å². The van der Waals surface area contributed by atoms with Gasteiger partial charge in [-0.05, 0) is 55.1 Å². The fourth-order valence-corrected chi connectivity index (χ4v) is 3.01. The van der Waals surface area contributed by atoms with Gasteiger partial charge in [-0.2, -0.15) is 0 Å². The van der Waals surface area contributed by atoms with Crippen LogP contribution in [0.25, 0.3) is 0 Å². The van der Waals surface area contributed by atoms with Crippen LogP contribution in [0, 0.1) is 0 Å². The average Bonchev–Trinajstić information content (AvgIpc) is 2.71. The van der Waals surface area contributed by atoms with Gasteiger partial charge in [0.1, 0.15) is 11.5 Å². The molecule has 0 saturated heterocycles. The lowest BCUT2D eigenvalue weighted by atomic mass is 10.0. The number of methoxy groups -OCH3 is 2. The highest BCUT2D eigenvalue weighted by Crippen LogP contribution is 2.24. The van der Waals surface area contributed by atoms with Crippen LogP contribution in [-0.2, 0) is 0 Å². The van der Waals surface area contributed by atoms with Crippen molar-refractivity contribution in [2.75, 3.05) is 39.2 Å². The van der Waals surface area contributed by atoms with Crippen molar-refractivity contribution in [3.63, 3.8) is 0 Å². The standard InChI is InChI=1S/C21H29N3O3/c1-5-24(6-2)20(16-8-7-9-19(14-16)27-4)15-22-21(25)23-17-10-12-18(26-3)13-11-17/h7-14,20H,5-6,15H2,1-4H3,(H2,22,23,25). The molecule has 2 aromatic carbocycles. The Balaban J connectivity index is 2.04. The van der Waals surface area contributed by atoms with E-state index in [1.165, 1.54) is 0 Å². The largest absolute Gasteiger partial charge is 0.497 e. The second-order valence-corrected chi connectivity index (χ2v) is 6.08. The summed E-state index contributed by atoms with van der Waals surface area (Å²) in [5, 5.41) is 5.83. The highest BCUT2D eigenvalue weighted by Gasteiger charge is 2.19. The highest BCUT2D eigenvalue weighted by atomic mass is 16.5. The molecule has 2 rings (SSSR count). The van der Waals surface area contributed by atoms with Gasteiger partial charge in [0, 0.05) is 12.2 Å². The van der Waals surface area contributed by atoms with E-state index in [0.29, 0.717) is 12.2 Å². The first-order valence-corrected chi connectivity index (χ1v) is 9.18. The van der Waals surface area contributed by atoms with E-state index in [4.69, 9.17) is 9.47 Å². The number of anilines is 1. The first-order chi connectivity index (χ1) is 13.1. The van der Waals surface area contributed by atoms with Gasteiger partial charge in [-0.1, -0.05) is 26.0 Å². The minimum absolute atomic E-state index is 0.0664. The van der Waals surface area contributed by atoms with Crippen LogP contribution in [0.3, 0.4) is 0 Å². The predicted molar refractivity (Wildman–Crippen MR) is 109 cm³/mol. The van der Waals surface area contributed by atoms with Gasteiger partial charge in [0.05, 0.1) is 20.3 Å². The molecule has 2 N–H and O–H groups in total. The third-order valence-electron chi connectivity index (χ3n) is 4.54. The Hall–Kier alpha value is -2.73. The Morgan fingerprint density at radius 2 is 1.67 bits per heavy atom. The number of carbonyl (C=O) groups excluding carboxylic acids is 1. The molecule has 0 bridgehead atoms. The summed E-state index contributed by atoms with van der Waals surface area (Å²) in [6.45, 7) is 6.51. The van der Waals surface area contributed by atoms with Crippen LogP contribution in [0.4, 0.5) is 10.5 Å². The normalized spacial score (nSPS) is 11.7. The lowest BCUT2D eigenvalue weighted by molar-refractivity contribution is 0.209. The fourth-order valence-electron chi connectivity index (χ4n) is 3.01. The zero-order chi connectivity index (χ0) is 19.6. The molecule has 1 unspecified atom stereocenters. The second-order valence-electron chi connectivity index (χ2n) is 6.08. The number of ether oxygens (including phenoxy) is 2. The summed E-state index contributed by atoms with van der Waals surface area (Å²) in [7, 11) is 3.27. The maximum atomic E-state index is 12.3. The van der Waals surface area contributed by atoms with Gasteiger partial charge >= 0.3 is 6.03 Å². The van der Waals surface area contributed by atoms with E-state index in [1.54, 1.807) is 14.2 Å². The molecule has 1 atom stereocenters. The summed E-state index contributed by atoms with van der Waals surface area (Å²) >= 11 is 0. The van der Waals surface area contributed by atoms with Crippen molar-refractivity contribution in [1.82, 2.24) is 10.2 Å². The predicted octanol–water partition coefficient (Wildman–Crippen LogP) is 3.91. The number of rotatable bonds is 9. The summed E-state index contributed by atoms with van der Waals surface area (Å²) in [5.41, 5.74) is 1.83. The van der Waals surface area contributed by atoms with E-state index in [-0.39, 0.29) is 12.1 Å². The molecule has 0 aliphatic carbocycles. The van der Waals surface area contributed by atoms with Crippen LogP contribution >= 0.6 is 0 Å². The molecule has 0 aromatic heterocycles. The van der Waals surface area contributed by atoms with Gasteiger partial charge < -0.3 is 20.1 Å². The molecular weight excluding hydrogens is 342 g/mol. The number of amides is 2. The molecule has 0 heterocycles. The number of likely N-dealkylation sites (N-methyl/N-ethyl adjacent to an activating group) is 1. The number of nitrogens with zero attached hydrogens (tertiary/aromatic N) is 1. The Kier molecular flexibility index (Phi) is 7.95. The molecule has 0 saturated carbocycles. The summed E-state index contributed by atoms with van der Waals surface area (Å²) < 4.78 is 10.5. The van der Waals surface area contributed by atoms with E-state index < -0.39 is 0 Å². The molecular formula is C21H29N3O3. The van der Waals surface area contributed by atoms with Crippen LogP contribution in [0.5, 0.6) is 11.5 Å². The van der Waals surface area contributed by atoms with Crippen LogP contribution < -0.4 is 20.1 Å². The van der Waals surface area contributed by atoms with Crippen molar-refractivity contribution >= 4 is 11.7 Å². The molecule has 0 aliphatic rings. The molecule has 2 aromatic rings. The summed E-state index contributed by atoms with van der Waals surface area (Å²) in [4.78, 5) is 14.6. The fraction of sp³-hybridized carbons (Fsp3) is 0.381. The molecule has 0 aliphatic heterocycles. The van der Waals surface area contributed by atoms with Crippen LogP contribution in [0.15, 0.2) is 48.5 Å². The topological polar surface area (TPSA) is 62.8 Å². The lowest BCUT2D eigenvalue weighted by Gasteiger charge is -2.30. The van der Waals surface area contributed by atoms with E-state index in [1.807, 2.05) is 42.5 Å². The zero-order valence-corrected chi connectivity index (χ0v) is 16.5.